The van der Waals surface area contributed by atoms with Crippen molar-refractivity contribution >= 4 is 41.0 Å². The molecule has 0 aliphatic heterocycles. The fraction of sp³-hybridized carbons (Fsp3) is 0.154. The summed E-state index contributed by atoms with van der Waals surface area (Å²) in [6.07, 6.45) is 3.57. The number of rotatable bonds is 2. The van der Waals surface area contributed by atoms with Gasteiger partial charge in [-0.3, -0.25) is 15.1 Å². The lowest BCUT2D eigenvalue weighted by atomic mass is 10.3. The highest BCUT2D eigenvalue weighted by Gasteiger charge is 1.98. The molecule has 0 unspecified atom stereocenters. The molecule has 0 bridgehead atoms. The average molecular weight is 380 g/mol. The highest BCUT2D eigenvalue weighted by atomic mass is 36.0. The quantitative estimate of drug-likeness (QED) is 0.450. The smallest absolute Gasteiger partial charge is 0.317 e. The largest absolute Gasteiger partial charge is 0.378 e. The predicted molar refractivity (Wildman–Crippen MR) is 92.3 cm³/mol. The fourth-order valence-electron chi connectivity index (χ4n) is 1.19. The third kappa shape index (κ3) is 13.5. The number of anilines is 1. The zero-order valence-corrected chi connectivity index (χ0v) is 14.7. The minimum absolute atomic E-state index is 0.137. The second kappa shape index (κ2) is 10.8. The second-order valence-corrected chi connectivity index (χ2v) is 7.74. The number of nitro benzene ring substituents is 1. The number of nitro groups is 1. The number of pyridine rings is 1. The number of aromatic nitrogens is 1. The van der Waals surface area contributed by atoms with Crippen LogP contribution < -0.4 is 4.90 Å². The maximum Gasteiger partial charge on any atom is 0.317 e. The van der Waals surface area contributed by atoms with Crippen LogP contribution in [0.4, 0.5) is 11.4 Å². The summed E-state index contributed by atoms with van der Waals surface area (Å²) in [4.78, 5) is 15.5. The Morgan fingerprint density at radius 2 is 1.48 bits per heavy atom. The number of hydrogen-bond acceptors (Lipinski definition) is 6. The van der Waals surface area contributed by atoms with Crippen molar-refractivity contribution in [3.8, 4) is 0 Å². The lowest BCUT2D eigenvalue weighted by Crippen LogP contribution is -2.07. The van der Waals surface area contributed by atoms with Gasteiger partial charge in [-0.25, -0.2) is 0 Å². The molecular weight excluding hydrogens is 365 g/mol. The van der Waals surface area contributed by atoms with E-state index in [4.69, 9.17) is 8.42 Å². The first-order chi connectivity index (χ1) is 10.6. The van der Waals surface area contributed by atoms with Gasteiger partial charge in [-0.2, -0.15) is 8.42 Å². The third-order valence-electron chi connectivity index (χ3n) is 2.15. The van der Waals surface area contributed by atoms with Gasteiger partial charge in [0.05, 0.1) is 4.92 Å². The Balaban J connectivity index is 0.000000332. The van der Waals surface area contributed by atoms with E-state index in [1.807, 2.05) is 31.1 Å². The molecule has 2 rings (SSSR count). The van der Waals surface area contributed by atoms with Crippen LogP contribution in [0, 0.1) is 10.1 Å². The normalized spacial score (nSPS) is 9.57. The van der Waals surface area contributed by atoms with E-state index < -0.39 is 13.2 Å². The highest BCUT2D eigenvalue weighted by molar-refractivity contribution is 8.31. The van der Waals surface area contributed by atoms with Gasteiger partial charge in [0.1, 0.15) is 0 Å². The number of para-hydroxylation sites is 1. The van der Waals surface area contributed by atoms with E-state index in [1.165, 1.54) is 17.8 Å². The summed E-state index contributed by atoms with van der Waals surface area (Å²) in [5.74, 6) is 0. The molecule has 23 heavy (non-hydrogen) atoms. The molecule has 7 nitrogen and oxygen atoms in total. The van der Waals surface area contributed by atoms with E-state index in [9.17, 15) is 10.1 Å². The maximum absolute atomic E-state index is 10.0. The van der Waals surface area contributed by atoms with E-state index in [1.54, 1.807) is 30.6 Å². The topological polar surface area (TPSA) is 93.4 Å². The molecule has 1 aromatic heterocycles. The SMILES string of the molecule is CN(C)c1ccncc1.O=S(=O)(Cl)Cl.O=[N+]([O-])c1ccccc1. The number of hydrogen-bond donors (Lipinski definition) is 0. The molecule has 126 valence electrons. The predicted octanol–water partition coefficient (Wildman–Crippen LogP) is 3.45. The molecule has 0 fully saturated rings. The van der Waals surface area contributed by atoms with Crippen molar-refractivity contribution in [1.29, 1.82) is 0 Å². The van der Waals surface area contributed by atoms with Crippen molar-refractivity contribution in [2.75, 3.05) is 19.0 Å². The zero-order chi connectivity index (χ0) is 17.9. The lowest BCUT2D eigenvalue weighted by Gasteiger charge is -2.10. The van der Waals surface area contributed by atoms with Crippen LogP contribution in [0.2, 0.25) is 0 Å². The van der Waals surface area contributed by atoms with Crippen LogP contribution in [-0.4, -0.2) is 32.4 Å². The Hall–Kier alpha value is -1.90. The molecule has 0 saturated heterocycles. The first-order valence-electron chi connectivity index (χ1n) is 6.02. The first kappa shape index (κ1) is 21.1. The Kier molecular flexibility index (Phi) is 9.87. The minimum Gasteiger partial charge on any atom is -0.378 e. The van der Waals surface area contributed by atoms with Crippen LogP contribution in [0.15, 0.2) is 54.9 Å². The molecule has 0 N–H and O–H groups in total. The molecular formula is C13H15Cl2N3O4S. The maximum atomic E-state index is 10.0. The van der Waals surface area contributed by atoms with Gasteiger partial charge >= 0.3 is 8.26 Å². The van der Waals surface area contributed by atoms with Crippen LogP contribution in [0.3, 0.4) is 0 Å². The standard InChI is InChI=1S/C7H10N2.C6H5NO2.Cl2O2S/c1-9(2)7-3-5-8-6-4-7;8-7(9)6-4-2-1-3-5-6;1-5(2,3)4/h3-6H,1-2H3;1-5H;. The average Bonchev–Trinajstić information content (AvgIpc) is 2.48. The fourth-order valence-corrected chi connectivity index (χ4v) is 1.19. The summed E-state index contributed by atoms with van der Waals surface area (Å²) in [7, 11) is 8.83. The van der Waals surface area contributed by atoms with E-state index >= 15 is 0 Å². The van der Waals surface area contributed by atoms with Gasteiger partial charge in [-0.15, -0.1) is 0 Å². The number of halogens is 2. The Bertz CT molecular complexity index is 675. The molecule has 0 atom stereocenters. The highest BCUT2D eigenvalue weighted by Crippen LogP contribution is 2.07. The molecule has 0 aliphatic rings. The molecule has 2 aromatic rings. The number of benzene rings is 1. The first-order valence-corrected chi connectivity index (χ1v) is 9.16. The zero-order valence-electron chi connectivity index (χ0n) is 12.3. The van der Waals surface area contributed by atoms with Crippen molar-refractivity contribution in [1.82, 2.24) is 4.98 Å². The van der Waals surface area contributed by atoms with Crippen molar-refractivity contribution in [2.24, 2.45) is 0 Å². The van der Waals surface area contributed by atoms with E-state index in [0.29, 0.717) is 0 Å². The summed E-state index contributed by atoms with van der Waals surface area (Å²) in [6.45, 7) is 0. The van der Waals surface area contributed by atoms with Crippen molar-refractivity contribution < 1.29 is 13.3 Å². The number of non-ortho nitro benzene ring substituents is 1. The molecule has 1 heterocycles. The Labute approximate surface area is 143 Å². The summed E-state index contributed by atoms with van der Waals surface area (Å²) >= 11 is 0. The van der Waals surface area contributed by atoms with E-state index in [0.717, 1.165) is 0 Å². The summed E-state index contributed by atoms with van der Waals surface area (Å²) < 4.78 is 18.3. The van der Waals surface area contributed by atoms with Gasteiger partial charge in [-0.05, 0) is 12.1 Å². The summed E-state index contributed by atoms with van der Waals surface area (Å²) in [5, 5.41) is 10.0. The number of nitrogens with zero attached hydrogens (tertiary/aromatic N) is 3. The molecule has 10 heteroatoms. The summed E-state index contributed by atoms with van der Waals surface area (Å²) in [6, 6.07) is 11.9. The van der Waals surface area contributed by atoms with Gasteiger partial charge in [0.25, 0.3) is 5.69 Å². The molecule has 0 spiro atoms. The molecule has 0 aliphatic carbocycles. The Morgan fingerprint density at radius 1 is 1.04 bits per heavy atom. The van der Waals surface area contributed by atoms with Crippen LogP contribution in [-0.2, 0) is 8.26 Å². The van der Waals surface area contributed by atoms with Crippen molar-refractivity contribution in [3.63, 3.8) is 0 Å². The van der Waals surface area contributed by atoms with Gasteiger partial charge in [0, 0.05) is 65.7 Å². The van der Waals surface area contributed by atoms with Gasteiger partial charge < -0.3 is 4.90 Å². The minimum atomic E-state index is -3.72. The second-order valence-electron chi connectivity index (χ2n) is 4.07. The van der Waals surface area contributed by atoms with Gasteiger partial charge in [0.2, 0.25) is 0 Å². The van der Waals surface area contributed by atoms with Gasteiger partial charge in [0.15, 0.2) is 0 Å². The van der Waals surface area contributed by atoms with Crippen LogP contribution in [0.5, 0.6) is 0 Å². The van der Waals surface area contributed by atoms with Crippen LogP contribution in [0.25, 0.3) is 0 Å². The molecule has 0 saturated carbocycles. The Morgan fingerprint density at radius 3 is 1.74 bits per heavy atom. The van der Waals surface area contributed by atoms with Crippen LogP contribution in [0.1, 0.15) is 0 Å². The van der Waals surface area contributed by atoms with Crippen molar-refractivity contribution in [2.45, 2.75) is 0 Å². The molecule has 0 amide bonds. The monoisotopic (exact) mass is 379 g/mol. The molecule has 1 aromatic carbocycles. The van der Waals surface area contributed by atoms with Gasteiger partial charge in [-0.1, -0.05) is 18.2 Å². The van der Waals surface area contributed by atoms with E-state index in [-0.39, 0.29) is 5.69 Å². The summed E-state index contributed by atoms with van der Waals surface area (Å²) in [5.41, 5.74) is 1.32. The van der Waals surface area contributed by atoms with E-state index in [2.05, 4.69) is 26.3 Å². The molecule has 0 radical (unpaired) electrons. The third-order valence-corrected chi connectivity index (χ3v) is 2.15. The van der Waals surface area contributed by atoms with Crippen LogP contribution >= 0.6 is 21.4 Å². The lowest BCUT2D eigenvalue weighted by molar-refractivity contribution is -0.384. The van der Waals surface area contributed by atoms with Crippen molar-refractivity contribution in [3.05, 3.63) is 65.0 Å².